The predicted octanol–water partition coefficient (Wildman–Crippen LogP) is 3.84. The van der Waals surface area contributed by atoms with Gasteiger partial charge in [-0.2, -0.15) is 0 Å². The molecule has 2 nitrogen and oxygen atoms in total. The normalized spacial score (nSPS) is 13.8. The fourth-order valence-electron chi connectivity index (χ4n) is 2.61. The maximum Gasteiger partial charge on any atom is 0.127 e. The average molecular weight is 280 g/mol. The lowest BCUT2D eigenvalue weighted by atomic mass is 9.96. The highest BCUT2D eigenvalue weighted by atomic mass is 19.1. The molecule has 1 rings (SSSR count). The molecule has 0 saturated heterocycles. The number of benzene rings is 1. The van der Waals surface area contributed by atoms with Gasteiger partial charge >= 0.3 is 0 Å². The molecule has 0 radical (unpaired) electrons. The molecule has 114 valence electrons. The van der Waals surface area contributed by atoms with Crippen molar-refractivity contribution in [2.24, 2.45) is 5.41 Å². The van der Waals surface area contributed by atoms with Gasteiger partial charge in [-0.25, -0.2) is 4.39 Å². The molecule has 0 fully saturated rings. The highest BCUT2D eigenvalue weighted by Gasteiger charge is 2.17. The molecule has 1 N–H and O–H groups in total. The van der Waals surface area contributed by atoms with Crippen LogP contribution in [0.15, 0.2) is 24.3 Å². The van der Waals surface area contributed by atoms with Crippen LogP contribution in [-0.4, -0.2) is 31.6 Å². The quantitative estimate of drug-likeness (QED) is 0.816. The lowest BCUT2D eigenvalue weighted by Gasteiger charge is -2.28. The van der Waals surface area contributed by atoms with Crippen molar-refractivity contribution < 1.29 is 4.39 Å². The van der Waals surface area contributed by atoms with Gasteiger partial charge in [-0.1, -0.05) is 45.9 Å². The van der Waals surface area contributed by atoms with Crippen LogP contribution in [0, 0.1) is 11.2 Å². The topological polar surface area (TPSA) is 15.3 Å². The number of nitrogens with zero attached hydrogens (tertiary/aromatic N) is 1. The van der Waals surface area contributed by atoms with Gasteiger partial charge < -0.3 is 10.2 Å². The minimum atomic E-state index is -0.114. The van der Waals surface area contributed by atoms with E-state index in [4.69, 9.17) is 0 Å². The van der Waals surface area contributed by atoms with Gasteiger partial charge in [0.1, 0.15) is 5.82 Å². The molecule has 0 aliphatic heterocycles. The summed E-state index contributed by atoms with van der Waals surface area (Å²) < 4.78 is 13.9. The van der Waals surface area contributed by atoms with E-state index in [1.165, 1.54) is 0 Å². The monoisotopic (exact) mass is 280 g/mol. The fourth-order valence-corrected chi connectivity index (χ4v) is 2.61. The standard InChI is InChI=1S/C17H29FN2/c1-6-19-16(14-9-7-8-10-15(14)18)11-12-20(5)13-17(2,3)4/h7-10,16,19H,6,11-13H2,1-5H3. The van der Waals surface area contributed by atoms with Gasteiger partial charge in [-0.3, -0.25) is 0 Å². The third kappa shape index (κ3) is 6.02. The maximum absolute atomic E-state index is 13.9. The van der Waals surface area contributed by atoms with Crippen LogP contribution < -0.4 is 5.32 Å². The third-order valence-corrected chi connectivity index (χ3v) is 3.27. The van der Waals surface area contributed by atoms with Crippen LogP contribution in [0.5, 0.6) is 0 Å². The van der Waals surface area contributed by atoms with Crippen molar-refractivity contribution in [3.8, 4) is 0 Å². The summed E-state index contributed by atoms with van der Waals surface area (Å²) >= 11 is 0. The van der Waals surface area contributed by atoms with Gasteiger partial charge in [0.25, 0.3) is 0 Å². The van der Waals surface area contributed by atoms with E-state index in [1.807, 2.05) is 12.1 Å². The van der Waals surface area contributed by atoms with Crippen LogP contribution in [-0.2, 0) is 0 Å². The molecule has 0 amide bonds. The summed E-state index contributed by atoms with van der Waals surface area (Å²) in [7, 11) is 2.13. The predicted molar refractivity (Wildman–Crippen MR) is 84.4 cm³/mol. The first-order chi connectivity index (χ1) is 9.33. The Morgan fingerprint density at radius 2 is 1.90 bits per heavy atom. The van der Waals surface area contributed by atoms with Gasteiger partial charge in [0.15, 0.2) is 0 Å². The number of hydrogen-bond acceptors (Lipinski definition) is 2. The van der Waals surface area contributed by atoms with Crippen LogP contribution in [0.1, 0.15) is 45.7 Å². The zero-order valence-electron chi connectivity index (χ0n) is 13.5. The zero-order chi connectivity index (χ0) is 15.2. The number of rotatable bonds is 7. The van der Waals surface area contributed by atoms with Crippen LogP contribution in [0.2, 0.25) is 0 Å². The van der Waals surface area contributed by atoms with Crippen LogP contribution in [0.3, 0.4) is 0 Å². The number of nitrogens with one attached hydrogen (secondary N) is 1. The van der Waals surface area contributed by atoms with Crippen LogP contribution in [0.25, 0.3) is 0 Å². The first-order valence-electron chi connectivity index (χ1n) is 7.50. The molecule has 0 aliphatic carbocycles. The average Bonchev–Trinajstić information content (AvgIpc) is 2.33. The Hall–Kier alpha value is -0.930. The van der Waals surface area contributed by atoms with Crippen molar-refractivity contribution >= 4 is 0 Å². The summed E-state index contributed by atoms with van der Waals surface area (Å²) in [6.07, 6.45) is 0.918. The molecule has 0 bridgehead atoms. The Morgan fingerprint density at radius 1 is 1.25 bits per heavy atom. The summed E-state index contributed by atoms with van der Waals surface area (Å²) in [6, 6.07) is 7.16. The molecule has 0 aliphatic rings. The van der Waals surface area contributed by atoms with Gasteiger partial charge in [-0.05, 0) is 38.0 Å². The van der Waals surface area contributed by atoms with E-state index >= 15 is 0 Å². The van der Waals surface area contributed by atoms with Crippen molar-refractivity contribution in [3.05, 3.63) is 35.6 Å². The molecule has 0 heterocycles. The molecule has 3 heteroatoms. The van der Waals surface area contributed by atoms with E-state index in [2.05, 4.69) is 45.0 Å². The fraction of sp³-hybridized carbons (Fsp3) is 0.647. The maximum atomic E-state index is 13.9. The van der Waals surface area contributed by atoms with E-state index in [-0.39, 0.29) is 11.9 Å². The summed E-state index contributed by atoms with van der Waals surface area (Å²) in [5.41, 5.74) is 1.07. The minimum absolute atomic E-state index is 0.0867. The molecule has 1 aromatic rings. The van der Waals surface area contributed by atoms with Gasteiger partial charge in [0, 0.05) is 18.2 Å². The summed E-state index contributed by atoms with van der Waals surface area (Å²) in [6.45, 7) is 11.6. The molecule has 0 spiro atoms. The Labute approximate surface area is 123 Å². The van der Waals surface area contributed by atoms with E-state index in [9.17, 15) is 4.39 Å². The lowest BCUT2D eigenvalue weighted by Crippen LogP contribution is -2.33. The summed E-state index contributed by atoms with van der Waals surface area (Å²) in [4.78, 5) is 2.32. The molecular weight excluding hydrogens is 251 g/mol. The second-order valence-electron chi connectivity index (χ2n) is 6.72. The SMILES string of the molecule is CCNC(CCN(C)CC(C)(C)C)c1ccccc1F. The number of hydrogen-bond donors (Lipinski definition) is 1. The van der Waals surface area contributed by atoms with Crippen molar-refractivity contribution in [1.82, 2.24) is 10.2 Å². The molecule has 20 heavy (non-hydrogen) atoms. The largest absolute Gasteiger partial charge is 0.310 e. The summed E-state index contributed by atoms with van der Waals surface area (Å²) in [5.74, 6) is -0.114. The van der Waals surface area contributed by atoms with E-state index in [1.54, 1.807) is 12.1 Å². The van der Waals surface area contributed by atoms with Crippen molar-refractivity contribution in [3.63, 3.8) is 0 Å². The van der Waals surface area contributed by atoms with E-state index in [0.717, 1.165) is 31.6 Å². The van der Waals surface area contributed by atoms with Crippen LogP contribution >= 0.6 is 0 Å². The van der Waals surface area contributed by atoms with Crippen molar-refractivity contribution in [1.29, 1.82) is 0 Å². The molecule has 0 saturated carbocycles. The zero-order valence-corrected chi connectivity index (χ0v) is 13.5. The molecular formula is C17H29FN2. The van der Waals surface area contributed by atoms with Gasteiger partial charge in [0.05, 0.1) is 0 Å². The number of halogens is 1. The minimum Gasteiger partial charge on any atom is -0.310 e. The highest BCUT2D eigenvalue weighted by Crippen LogP contribution is 2.21. The Bertz CT molecular complexity index is 398. The first kappa shape index (κ1) is 17.1. The van der Waals surface area contributed by atoms with Crippen molar-refractivity contribution in [2.45, 2.75) is 40.2 Å². The first-order valence-corrected chi connectivity index (χ1v) is 7.50. The van der Waals surface area contributed by atoms with Gasteiger partial charge in [-0.15, -0.1) is 0 Å². The highest BCUT2D eigenvalue weighted by molar-refractivity contribution is 5.21. The Kier molecular flexibility index (Phi) is 6.63. The Morgan fingerprint density at radius 3 is 2.45 bits per heavy atom. The molecule has 1 aromatic carbocycles. The van der Waals surface area contributed by atoms with Crippen molar-refractivity contribution in [2.75, 3.05) is 26.7 Å². The van der Waals surface area contributed by atoms with Gasteiger partial charge in [0.2, 0.25) is 0 Å². The van der Waals surface area contributed by atoms with Crippen LogP contribution in [0.4, 0.5) is 4.39 Å². The summed E-state index contributed by atoms with van der Waals surface area (Å²) in [5, 5.41) is 3.39. The third-order valence-electron chi connectivity index (χ3n) is 3.27. The smallest absolute Gasteiger partial charge is 0.127 e. The second kappa shape index (κ2) is 7.75. The Balaban J connectivity index is 2.62. The second-order valence-corrected chi connectivity index (χ2v) is 6.72. The molecule has 0 aromatic heterocycles. The van der Waals surface area contributed by atoms with E-state index < -0.39 is 0 Å². The lowest BCUT2D eigenvalue weighted by molar-refractivity contribution is 0.217. The van der Waals surface area contributed by atoms with E-state index in [0.29, 0.717) is 5.41 Å². The molecule has 1 atom stereocenters. The molecule has 1 unspecified atom stereocenters.